The number of likely N-dealkylation sites (tertiary alicyclic amines) is 1. The standard InChI is InChI=1S/C17H15BrFNO4S/c1-24-12-4-7-16(18)15(8-12)17(21)20-9-14(10-20)25(22,23)13-5-2-11(19)3-6-13/h2-8,14H,9-10H2,1H3. The molecule has 0 spiro atoms. The van der Waals surface area contributed by atoms with Crippen LogP contribution in [0.1, 0.15) is 10.4 Å². The molecule has 0 unspecified atom stereocenters. The summed E-state index contributed by atoms with van der Waals surface area (Å²) in [7, 11) is -2.08. The Bertz CT molecular complexity index is 909. The molecule has 1 amide bonds. The van der Waals surface area contributed by atoms with E-state index in [4.69, 9.17) is 4.74 Å². The van der Waals surface area contributed by atoms with E-state index >= 15 is 0 Å². The summed E-state index contributed by atoms with van der Waals surface area (Å²) in [6.45, 7) is 0.199. The lowest BCUT2D eigenvalue weighted by Crippen LogP contribution is -2.56. The minimum Gasteiger partial charge on any atom is -0.497 e. The quantitative estimate of drug-likeness (QED) is 0.703. The number of ether oxygens (including phenoxy) is 1. The molecule has 0 N–H and O–H groups in total. The number of nitrogens with zero attached hydrogens (tertiary/aromatic N) is 1. The van der Waals surface area contributed by atoms with Crippen molar-refractivity contribution >= 4 is 31.7 Å². The largest absolute Gasteiger partial charge is 0.497 e. The second kappa shape index (κ2) is 6.76. The lowest BCUT2D eigenvalue weighted by atomic mass is 10.1. The number of hydrogen-bond donors (Lipinski definition) is 0. The molecule has 1 saturated heterocycles. The minimum atomic E-state index is -3.59. The topological polar surface area (TPSA) is 63.7 Å². The molecule has 132 valence electrons. The predicted molar refractivity (Wildman–Crippen MR) is 94.0 cm³/mol. The van der Waals surface area contributed by atoms with Crippen molar-refractivity contribution < 1.29 is 22.3 Å². The third kappa shape index (κ3) is 3.41. The molecule has 1 aliphatic heterocycles. The lowest BCUT2D eigenvalue weighted by molar-refractivity contribution is 0.0657. The SMILES string of the molecule is COc1ccc(Br)c(C(=O)N2CC(S(=O)(=O)c3ccc(F)cc3)C2)c1. The molecule has 0 aliphatic carbocycles. The number of hydrogen-bond acceptors (Lipinski definition) is 4. The Hall–Kier alpha value is -1.93. The number of amides is 1. The van der Waals surface area contributed by atoms with Gasteiger partial charge >= 0.3 is 0 Å². The summed E-state index contributed by atoms with van der Waals surface area (Å²) in [6, 6.07) is 9.75. The Morgan fingerprint density at radius 1 is 1.20 bits per heavy atom. The first kappa shape index (κ1) is 17.9. The van der Waals surface area contributed by atoms with Gasteiger partial charge in [0.2, 0.25) is 0 Å². The highest BCUT2D eigenvalue weighted by Crippen LogP contribution is 2.29. The van der Waals surface area contributed by atoms with Gasteiger partial charge in [0.25, 0.3) is 5.91 Å². The molecule has 0 aromatic heterocycles. The average molecular weight is 428 g/mol. The zero-order valence-corrected chi connectivity index (χ0v) is 15.7. The van der Waals surface area contributed by atoms with E-state index in [1.807, 2.05) is 0 Å². The molecule has 0 radical (unpaired) electrons. The Balaban J connectivity index is 1.74. The van der Waals surface area contributed by atoms with Crippen molar-refractivity contribution in [1.82, 2.24) is 4.90 Å². The average Bonchev–Trinajstić information content (AvgIpc) is 2.54. The fraction of sp³-hybridized carbons (Fsp3) is 0.235. The van der Waals surface area contributed by atoms with Crippen molar-refractivity contribution in [2.24, 2.45) is 0 Å². The summed E-state index contributed by atoms with van der Waals surface area (Å²) >= 11 is 3.32. The minimum absolute atomic E-state index is 0.0635. The van der Waals surface area contributed by atoms with Crippen molar-refractivity contribution in [1.29, 1.82) is 0 Å². The molecule has 0 saturated carbocycles. The molecular weight excluding hydrogens is 413 g/mol. The lowest BCUT2D eigenvalue weighted by Gasteiger charge is -2.38. The highest BCUT2D eigenvalue weighted by molar-refractivity contribution is 9.10. The van der Waals surface area contributed by atoms with Gasteiger partial charge in [0.05, 0.1) is 17.6 Å². The highest BCUT2D eigenvalue weighted by Gasteiger charge is 2.41. The van der Waals surface area contributed by atoms with Crippen LogP contribution in [-0.2, 0) is 9.84 Å². The molecule has 8 heteroatoms. The van der Waals surface area contributed by atoms with E-state index in [9.17, 15) is 17.6 Å². The van der Waals surface area contributed by atoms with Gasteiger partial charge in [-0.2, -0.15) is 0 Å². The second-order valence-corrected chi connectivity index (χ2v) is 8.76. The Morgan fingerprint density at radius 3 is 2.44 bits per heavy atom. The van der Waals surface area contributed by atoms with Crippen molar-refractivity contribution in [2.75, 3.05) is 20.2 Å². The van der Waals surface area contributed by atoms with Crippen LogP contribution in [0.25, 0.3) is 0 Å². The van der Waals surface area contributed by atoms with Gasteiger partial charge in [0.15, 0.2) is 9.84 Å². The van der Waals surface area contributed by atoms with E-state index in [1.165, 1.54) is 24.1 Å². The number of halogens is 2. The molecule has 5 nitrogen and oxygen atoms in total. The molecular formula is C17H15BrFNO4S. The van der Waals surface area contributed by atoms with Crippen molar-refractivity contribution in [2.45, 2.75) is 10.1 Å². The maximum Gasteiger partial charge on any atom is 0.255 e. The van der Waals surface area contributed by atoms with Crippen LogP contribution in [0.5, 0.6) is 5.75 Å². The van der Waals surface area contributed by atoms with E-state index in [0.717, 1.165) is 12.1 Å². The van der Waals surface area contributed by atoms with Gasteiger partial charge < -0.3 is 9.64 Å². The van der Waals surface area contributed by atoms with Gasteiger partial charge in [-0.05, 0) is 58.4 Å². The monoisotopic (exact) mass is 427 g/mol. The number of sulfone groups is 1. The van der Waals surface area contributed by atoms with Crippen LogP contribution in [0.15, 0.2) is 51.8 Å². The Kier molecular flexibility index (Phi) is 4.83. The van der Waals surface area contributed by atoms with Crippen LogP contribution in [-0.4, -0.2) is 44.7 Å². The summed E-state index contributed by atoms with van der Waals surface area (Å²) in [5.74, 6) is -0.217. The van der Waals surface area contributed by atoms with E-state index in [1.54, 1.807) is 18.2 Å². The van der Waals surface area contributed by atoms with E-state index < -0.39 is 20.9 Å². The fourth-order valence-corrected chi connectivity index (χ4v) is 4.65. The van der Waals surface area contributed by atoms with Crippen molar-refractivity contribution in [3.63, 3.8) is 0 Å². The van der Waals surface area contributed by atoms with E-state index in [0.29, 0.717) is 15.8 Å². The summed E-state index contributed by atoms with van der Waals surface area (Å²) in [4.78, 5) is 14.1. The third-order valence-corrected chi connectivity index (χ3v) is 6.92. The highest BCUT2D eigenvalue weighted by atomic mass is 79.9. The number of methoxy groups -OCH3 is 1. The molecule has 2 aromatic rings. The van der Waals surface area contributed by atoms with Gasteiger partial charge in [-0.3, -0.25) is 4.79 Å². The summed E-state index contributed by atoms with van der Waals surface area (Å²) in [5.41, 5.74) is 0.414. The van der Waals surface area contributed by atoms with E-state index in [2.05, 4.69) is 15.9 Å². The maximum atomic E-state index is 13.0. The molecule has 25 heavy (non-hydrogen) atoms. The molecule has 0 atom stereocenters. The number of rotatable bonds is 4. The first-order valence-corrected chi connectivity index (χ1v) is 9.79. The number of benzene rings is 2. The summed E-state index contributed by atoms with van der Waals surface area (Å²) in [6.07, 6.45) is 0. The summed E-state index contributed by atoms with van der Waals surface area (Å²) in [5, 5.41) is -0.689. The van der Waals surface area contributed by atoms with Gasteiger partial charge in [-0.15, -0.1) is 0 Å². The fourth-order valence-electron chi connectivity index (χ4n) is 2.58. The predicted octanol–water partition coefficient (Wildman–Crippen LogP) is 2.90. The molecule has 1 heterocycles. The van der Waals surface area contributed by atoms with Gasteiger partial charge in [-0.1, -0.05) is 0 Å². The van der Waals surface area contributed by atoms with Crippen LogP contribution in [0.4, 0.5) is 4.39 Å². The molecule has 1 aliphatic rings. The van der Waals surface area contributed by atoms with Crippen molar-refractivity contribution in [3.05, 3.63) is 58.3 Å². The Morgan fingerprint density at radius 2 is 1.84 bits per heavy atom. The van der Waals surface area contributed by atoms with Gasteiger partial charge in [0.1, 0.15) is 16.8 Å². The molecule has 1 fully saturated rings. The molecule has 0 bridgehead atoms. The molecule has 2 aromatic carbocycles. The zero-order valence-electron chi connectivity index (χ0n) is 13.3. The van der Waals surface area contributed by atoms with Crippen LogP contribution < -0.4 is 4.74 Å². The Labute approximate surface area is 153 Å². The van der Waals surface area contributed by atoms with Gasteiger partial charge in [0, 0.05) is 17.6 Å². The van der Waals surface area contributed by atoms with Crippen molar-refractivity contribution in [3.8, 4) is 5.75 Å². The van der Waals surface area contributed by atoms with Crippen LogP contribution in [0.3, 0.4) is 0 Å². The normalized spacial score (nSPS) is 14.9. The number of carbonyl (C=O) groups excluding carboxylic acids is 1. The van der Waals surface area contributed by atoms with E-state index in [-0.39, 0.29) is 23.9 Å². The second-order valence-electron chi connectivity index (χ2n) is 5.68. The smallest absolute Gasteiger partial charge is 0.255 e. The molecule has 3 rings (SSSR count). The first-order chi connectivity index (χ1) is 11.8. The van der Waals surface area contributed by atoms with Crippen LogP contribution in [0, 0.1) is 5.82 Å². The number of carbonyl (C=O) groups is 1. The third-order valence-electron chi connectivity index (χ3n) is 4.12. The maximum absolute atomic E-state index is 13.0. The first-order valence-electron chi connectivity index (χ1n) is 7.45. The van der Waals surface area contributed by atoms with Gasteiger partial charge in [-0.25, -0.2) is 12.8 Å². The summed E-state index contributed by atoms with van der Waals surface area (Å²) < 4.78 is 43.7. The van der Waals surface area contributed by atoms with Crippen LogP contribution >= 0.6 is 15.9 Å². The van der Waals surface area contributed by atoms with Crippen LogP contribution in [0.2, 0.25) is 0 Å². The zero-order chi connectivity index (χ0) is 18.2.